The molecule has 2 saturated heterocycles. The highest BCUT2D eigenvalue weighted by molar-refractivity contribution is 5.94. The van der Waals surface area contributed by atoms with Crippen LogP contribution in [-0.2, 0) is 4.79 Å². The quantitative estimate of drug-likeness (QED) is 0.462. The van der Waals surface area contributed by atoms with Gasteiger partial charge in [-0.25, -0.2) is 0 Å². The number of nitrogens with zero attached hydrogens (tertiary/aromatic N) is 4. The first-order chi connectivity index (χ1) is 16.5. The van der Waals surface area contributed by atoms with Gasteiger partial charge in [0.05, 0.1) is 11.0 Å². The number of hydrogen-bond donors (Lipinski definition) is 1. The number of piperidine rings is 1. The van der Waals surface area contributed by atoms with Crippen LogP contribution in [-0.4, -0.2) is 89.8 Å². The van der Waals surface area contributed by atoms with E-state index in [1.165, 1.54) is 56.4 Å². The van der Waals surface area contributed by atoms with Crippen molar-refractivity contribution in [3.63, 3.8) is 0 Å². The van der Waals surface area contributed by atoms with Crippen molar-refractivity contribution in [3.8, 4) is 0 Å². The second-order valence-electron chi connectivity index (χ2n) is 9.81. The van der Waals surface area contributed by atoms with Crippen molar-refractivity contribution in [2.75, 3.05) is 52.4 Å². The van der Waals surface area contributed by atoms with Crippen LogP contribution in [0.4, 0.5) is 5.69 Å². The minimum atomic E-state index is -0.465. The molecule has 1 aromatic carbocycles. The smallest absolute Gasteiger partial charge is 0.269 e. The number of nitrogens with one attached hydrogen (secondary N) is 1. The Morgan fingerprint density at radius 2 is 1.59 bits per heavy atom. The molecule has 0 spiro atoms. The lowest BCUT2D eigenvalue weighted by molar-refractivity contribution is -0.384. The lowest BCUT2D eigenvalue weighted by Gasteiger charge is -2.41. The number of carbonyl (C=O) groups excluding carboxylic acids is 2. The van der Waals surface area contributed by atoms with Crippen molar-refractivity contribution in [1.82, 2.24) is 20.0 Å². The Hall–Kier alpha value is -2.52. The van der Waals surface area contributed by atoms with Crippen LogP contribution in [0.15, 0.2) is 24.3 Å². The van der Waals surface area contributed by atoms with Crippen LogP contribution in [0.3, 0.4) is 0 Å². The van der Waals surface area contributed by atoms with E-state index in [0.29, 0.717) is 44.2 Å². The number of piperazine rings is 1. The number of benzene rings is 1. The summed E-state index contributed by atoms with van der Waals surface area (Å²) in [4.78, 5) is 43.1. The fraction of sp³-hybridized carbons (Fsp3) is 0.680. The van der Waals surface area contributed by atoms with Crippen molar-refractivity contribution in [1.29, 1.82) is 0 Å². The molecule has 9 heteroatoms. The number of nitro groups is 1. The molecule has 1 aliphatic carbocycles. The average molecular weight is 472 g/mol. The summed E-state index contributed by atoms with van der Waals surface area (Å²) >= 11 is 0. The number of amides is 2. The summed E-state index contributed by atoms with van der Waals surface area (Å²) in [6.45, 7) is 6.32. The summed E-state index contributed by atoms with van der Waals surface area (Å²) in [7, 11) is 0. The van der Waals surface area contributed by atoms with Gasteiger partial charge < -0.3 is 15.1 Å². The predicted octanol–water partition coefficient (Wildman–Crippen LogP) is 2.51. The van der Waals surface area contributed by atoms with E-state index < -0.39 is 4.92 Å². The predicted molar refractivity (Wildman–Crippen MR) is 130 cm³/mol. The SMILES string of the molecule is O=C(NCCN1CCCCC1)[C@H](C1CCCC1)N1CCN(C(=O)c2ccc([N+](=O)[O-])cc2)CC1. The Morgan fingerprint density at radius 1 is 0.941 bits per heavy atom. The molecule has 2 amide bonds. The summed E-state index contributed by atoms with van der Waals surface area (Å²) in [5, 5.41) is 14.1. The highest BCUT2D eigenvalue weighted by atomic mass is 16.6. The number of likely N-dealkylation sites (tertiary alicyclic amines) is 1. The first kappa shape index (κ1) is 24.6. The Labute approximate surface area is 201 Å². The summed E-state index contributed by atoms with van der Waals surface area (Å²) in [6.07, 6.45) is 8.36. The van der Waals surface area contributed by atoms with Crippen LogP contribution >= 0.6 is 0 Å². The van der Waals surface area contributed by atoms with E-state index in [0.717, 1.165) is 32.5 Å². The van der Waals surface area contributed by atoms with Crippen molar-refractivity contribution in [2.45, 2.75) is 51.0 Å². The molecular formula is C25H37N5O4. The molecule has 34 heavy (non-hydrogen) atoms. The zero-order chi connectivity index (χ0) is 23.9. The molecule has 4 rings (SSSR count). The Bertz CT molecular complexity index is 841. The third kappa shape index (κ3) is 6.13. The Kier molecular flexibility index (Phi) is 8.50. The molecule has 3 aliphatic rings. The van der Waals surface area contributed by atoms with Gasteiger partial charge >= 0.3 is 0 Å². The molecular weight excluding hydrogens is 434 g/mol. The van der Waals surface area contributed by atoms with E-state index in [-0.39, 0.29) is 23.5 Å². The molecule has 3 fully saturated rings. The fourth-order valence-electron chi connectivity index (χ4n) is 5.69. The van der Waals surface area contributed by atoms with E-state index in [1.54, 1.807) is 4.90 Å². The van der Waals surface area contributed by atoms with Gasteiger partial charge in [0.1, 0.15) is 0 Å². The number of nitro benzene ring substituents is 1. The lowest BCUT2D eigenvalue weighted by Crippen LogP contribution is -2.58. The van der Waals surface area contributed by atoms with Gasteiger partial charge in [-0.15, -0.1) is 0 Å². The normalized spacial score (nSPS) is 21.4. The first-order valence-corrected chi connectivity index (χ1v) is 12.8. The minimum absolute atomic E-state index is 0.0212. The van der Waals surface area contributed by atoms with E-state index in [4.69, 9.17) is 0 Å². The van der Waals surface area contributed by atoms with Crippen LogP contribution < -0.4 is 5.32 Å². The van der Waals surface area contributed by atoms with Gasteiger partial charge in [-0.05, 0) is 56.8 Å². The third-order valence-electron chi connectivity index (χ3n) is 7.61. The van der Waals surface area contributed by atoms with Crippen molar-refractivity contribution >= 4 is 17.5 Å². The molecule has 1 N–H and O–H groups in total. The van der Waals surface area contributed by atoms with E-state index in [1.807, 2.05) is 0 Å². The number of carbonyl (C=O) groups is 2. The number of rotatable bonds is 8. The molecule has 0 unspecified atom stereocenters. The molecule has 1 atom stereocenters. The topological polar surface area (TPSA) is 99.0 Å². The van der Waals surface area contributed by atoms with Gasteiger partial charge in [-0.2, -0.15) is 0 Å². The highest BCUT2D eigenvalue weighted by Crippen LogP contribution is 2.31. The standard InChI is InChI=1S/C25H37N5O4/c31-24(26-12-15-27-13-4-1-5-14-27)23(20-6-2-3-7-20)28-16-18-29(19-17-28)25(32)21-8-10-22(11-9-21)30(33)34/h8-11,20,23H,1-7,12-19H2,(H,26,31)/t23-/m0/s1. The Morgan fingerprint density at radius 3 is 2.21 bits per heavy atom. The van der Waals surface area contributed by atoms with Crippen molar-refractivity contribution in [2.24, 2.45) is 5.92 Å². The third-order valence-corrected chi connectivity index (χ3v) is 7.61. The number of hydrogen-bond acceptors (Lipinski definition) is 6. The maximum absolute atomic E-state index is 13.3. The second-order valence-corrected chi connectivity index (χ2v) is 9.81. The van der Waals surface area contributed by atoms with Gasteiger partial charge in [-0.3, -0.25) is 24.6 Å². The minimum Gasteiger partial charge on any atom is -0.353 e. The van der Waals surface area contributed by atoms with E-state index in [9.17, 15) is 19.7 Å². The van der Waals surface area contributed by atoms with Gasteiger partial charge in [-0.1, -0.05) is 19.3 Å². The molecule has 1 saturated carbocycles. The van der Waals surface area contributed by atoms with Crippen LogP contribution in [0.2, 0.25) is 0 Å². The van der Waals surface area contributed by atoms with Crippen LogP contribution in [0.25, 0.3) is 0 Å². The van der Waals surface area contributed by atoms with Gasteiger partial charge in [0.2, 0.25) is 5.91 Å². The van der Waals surface area contributed by atoms with Crippen LogP contribution in [0.1, 0.15) is 55.3 Å². The van der Waals surface area contributed by atoms with Crippen LogP contribution in [0.5, 0.6) is 0 Å². The summed E-state index contributed by atoms with van der Waals surface area (Å²) in [6, 6.07) is 5.65. The summed E-state index contributed by atoms with van der Waals surface area (Å²) in [5.74, 6) is 0.406. The van der Waals surface area contributed by atoms with Gasteiger partial charge in [0, 0.05) is 57.0 Å². The first-order valence-electron chi connectivity index (χ1n) is 12.8. The van der Waals surface area contributed by atoms with E-state index in [2.05, 4.69) is 15.1 Å². The maximum Gasteiger partial charge on any atom is 0.269 e. The fourth-order valence-corrected chi connectivity index (χ4v) is 5.69. The molecule has 2 heterocycles. The summed E-state index contributed by atoms with van der Waals surface area (Å²) in [5.41, 5.74) is 0.439. The lowest BCUT2D eigenvalue weighted by atomic mass is 9.95. The largest absolute Gasteiger partial charge is 0.353 e. The molecule has 0 aromatic heterocycles. The molecule has 1 aromatic rings. The second kappa shape index (κ2) is 11.8. The average Bonchev–Trinajstić information content (AvgIpc) is 3.39. The van der Waals surface area contributed by atoms with Crippen molar-refractivity contribution in [3.05, 3.63) is 39.9 Å². The summed E-state index contributed by atoms with van der Waals surface area (Å²) < 4.78 is 0. The van der Waals surface area contributed by atoms with Gasteiger partial charge in [0.15, 0.2) is 0 Å². The zero-order valence-electron chi connectivity index (χ0n) is 20.0. The molecule has 0 radical (unpaired) electrons. The molecule has 186 valence electrons. The number of non-ortho nitro benzene ring substituents is 1. The zero-order valence-corrected chi connectivity index (χ0v) is 20.0. The maximum atomic E-state index is 13.3. The molecule has 9 nitrogen and oxygen atoms in total. The van der Waals surface area contributed by atoms with Gasteiger partial charge in [0.25, 0.3) is 11.6 Å². The van der Waals surface area contributed by atoms with E-state index >= 15 is 0 Å². The highest BCUT2D eigenvalue weighted by Gasteiger charge is 2.37. The monoisotopic (exact) mass is 471 g/mol. The molecule has 2 aliphatic heterocycles. The van der Waals surface area contributed by atoms with Crippen LogP contribution in [0, 0.1) is 16.0 Å². The molecule has 0 bridgehead atoms. The Balaban J connectivity index is 1.31. The van der Waals surface area contributed by atoms with Crippen molar-refractivity contribution < 1.29 is 14.5 Å².